The van der Waals surface area contributed by atoms with Gasteiger partial charge in [0.2, 0.25) is 53.2 Å². The molecule has 27 heteroatoms. The molecular weight excluding hydrogens is 1280 g/mol. The van der Waals surface area contributed by atoms with Crippen molar-refractivity contribution >= 4 is 87.9 Å². The zero-order chi connectivity index (χ0) is 71.3. The summed E-state index contributed by atoms with van der Waals surface area (Å²) in [5.41, 5.74) is 7.44. The first kappa shape index (κ1) is 77.5. The van der Waals surface area contributed by atoms with Crippen molar-refractivity contribution in [3.63, 3.8) is 0 Å². The number of unbranched alkanes of at least 4 members (excludes halogenated alkanes) is 2. The number of aliphatic hydroxyl groups is 1. The number of likely N-dealkylation sites (tertiary alicyclic amines) is 1. The van der Waals surface area contributed by atoms with Crippen LogP contribution in [0.25, 0.3) is 10.8 Å². The number of carbonyl (C=O) groups excluding carboxylic acids is 11. The van der Waals surface area contributed by atoms with Gasteiger partial charge in [0.25, 0.3) is 0 Å². The highest BCUT2D eigenvalue weighted by Gasteiger charge is 2.38. The third-order valence-electron chi connectivity index (χ3n) is 16.6. The van der Waals surface area contributed by atoms with Gasteiger partial charge in [-0.05, 0) is 134 Å². The lowest BCUT2D eigenvalue weighted by Gasteiger charge is -2.30. The van der Waals surface area contributed by atoms with Crippen LogP contribution >= 0.6 is 11.6 Å². The number of hydrogen-bond donors (Lipinski definition) is 13. The lowest BCUT2D eigenvalue weighted by atomic mass is 9.99. The Kier molecular flexibility index (Phi) is 31.3. The summed E-state index contributed by atoms with van der Waals surface area (Å²) in [6, 6.07) is 16.3. The fourth-order valence-corrected chi connectivity index (χ4v) is 11.6. The van der Waals surface area contributed by atoms with Gasteiger partial charge in [0, 0.05) is 69.2 Å². The fourth-order valence-electron chi connectivity index (χ4n) is 11.4. The number of nitrogens with one attached hydrogen (secondary N) is 10. The molecule has 5 aromatic rings. The number of amides is 11. The topological polar surface area (TPSA) is 391 Å². The van der Waals surface area contributed by atoms with Crippen LogP contribution < -0.4 is 58.9 Å². The van der Waals surface area contributed by atoms with E-state index in [0.717, 1.165) is 22.6 Å². The van der Waals surface area contributed by atoms with Gasteiger partial charge in [-0.25, -0.2) is 4.79 Å². The fraction of sp³-hybridized carbons (Fsp3) is 0.465. The SMILES string of the molecule is CC(=O)N[C@H](Cc1ccc2ccccc2c1)C(=O)N[C@H](Cc1ccc(Cl)cc1)C(=O)N[C@H](Cc1cccnc1)C(=O)N[C@@H](CO)C(=O)N[C@@H](Cc1ccc(O)cc1)C(=O)N[C@H](CCCCNC(N)=O)C(=O)N[C@@H](CC(C)C)C(=O)N[C@@H](CCCCNC(C)C)C(=O)N1CCC[C@H]1C=O. The van der Waals surface area contributed by atoms with E-state index in [1.807, 2.05) is 70.2 Å². The molecule has 11 amide bonds. The molecule has 2 heterocycles. The van der Waals surface area contributed by atoms with Gasteiger partial charge < -0.3 is 78.8 Å². The number of hydrogen-bond acceptors (Lipinski definition) is 15. The van der Waals surface area contributed by atoms with Crippen LogP contribution in [-0.4, -0.2) is 172 Å². The number of aliphatic hydroxyl groups excluding tert-OH is 1. The summed E-state index contributed by atoms with van der Waals surface area (Å²) in [7, 11) is 0. The number of pyridine rings is 1. The highest BCUT2D eigenvalue weighted by molar-refractivity contribution is 6.30. The van der Waals surface area contributed by atoms with Crippen molar-refractivity contribution in [1.29, 1.82) is 0 Å². The number of nitrogens with two attached hydrogens (primary N) is 1. The summed E-state index contributed by atoms with van der Waals surface area (Å²) in [5, 5.41) is 50.9. The number of nitrogens with zero attached hydrogens (tertiary/aromatic N) is 2. The zero-order valence-corrected chi connectivity index (χ0v) is 56.9. The van der Waals surface area contributed by atoms with E-state index in [0.29, 0.717) is 60.5 Å². The second-order valence-corrected chi connectivity index (χ2v) is 25.9. The van der Waals surface area contributed by atoms with Crippen LogP contribution in [0.1, 0.15) is 115 Å². The van der Waals surface area contributed by atoms with Crippen molar-refractivity contribution in [2.24, 2.45) is 11.7 Å². The Morgan fingerprint density at radius 1 is 0.571 bits per heavy atom. The Morgan fingerprint density at radius 3 is 1.62 bits per heavy atom. The van der Waals surface area contributed by atoms with Gasteiger partial charge >= 0.3 is 6.03 Å². The highest BCUT2D eigenvalue weighted by Crippen LogP contribution is 2.21. The predicted molar refractivity (Wildman–Crippen MR) is 369 cm³/mol. The molecule has 14 N–H and O–H groups in total. The molecule has 1 aliphatic rings. The molecule has 1 aliphatic heterocycles. The van der Waals surface area contributed by atoms with E-state index in [9.17, 15) is 63.0 Å². The number of primary amides is 1. The van der Waals surface area contributed by atoms with E-state index in [4.69, 9.17) is 17.3 Å². The monoisotopic (exact) mass is 1370 g/mol. The number of aromatic nitrogens is 1. The van der Waals surface area contributed by atoms with Crippen molar-refractivity contribution in [3.05, 3.63) is 143 Å². The molecule has 1 saturated heterocycles. The zero-order valence-electron chi connectivity index (χ0n) is 56.2. The Morgan fingerprint density at radius 2 is 1.06 bits per heavy atom. The maximum absolute atomic E-state index is 14.9. The van der Waals surface area contributed by atoms with E-state index >= 15 is 0 Å². The van der Waals surface area contributed by atoms with Crippen LogP contribution in [0.5, 0.6) is 5.75 Å². The van der Waals surface area contributed by atoms with Crippen LogP contribution in [0.2, 0.25) is 5.02 Å². The summed E-state index contributed by atoms with van der Waals surface area (Å²) in [5.74, 6) is -7.31. The Hall–Kier alpha value is -9.53. The lowest BCUT2D eigenvalue weighted by molar-refractivity contribution is -0.140. The molecule has 1 fully saturated rings. The molecule has 1 aromatic heterocycles. The van der Waals surface area contributed by atoms with Crippen molar-refractivity contribution in [3.8, 4) is 5.75 Å². The van der Waals surface area contributed by atoms with E-state index < -0.39 is 120 Å². The smallest absolute Gasteiger partial charge is 0.312 e. The van der Waals surface area contributed by atoms with Gasteiger partial charge in [-0.1, -0.05) is 112 Å². The molecule has 26 nitrogen and oxygen atoms in total. The first-order chi connectivity index (χ1) is 46.9. The normalized spacial score (nSPS) is 15.2. The minimum absolute atomic E-state index is 0.0424. The molecule has 0 saturated carbocycles. The average Bonchev–Trinajstić information content (AvgIpc) is 1.14. The molecule has 0 bridgehead atoms. The number of fused-ring (bicyclic) bond motifs is 1. The molecule has 0 unspecified atom stereocenters. The van der Waals surface area contributed by atoms with E-state index in [-0.39, 0.29) is 82.0 Å². The standard InChI is InChI=1S/C71H94ClN13O13/c1-43(2)34-57(64(91)79-56(19-9-10-31-75-44(3)4)70(97)85-33-13-17-53(85)41-86)80-63(90)55(18-8-11-32-76-71(73)98)78-66(93)59(37-47-23-28-54(89)29-24-47)83-69(96)62(42-87)84-68(95)61(39-49-14-12-30-74-40-49)82-67(94)60(36-46-21-26-52(72)27-22-46)81-65(92)58(77-45(5)88)38-48-20-25-50-15-6-7-16-51(50)35-48/h6-7,12,14-16,20-30,35,40-41,43-44,53,55-62,75,87,89H,8-11,13,17-19,31-34,36-39,42H2,1-5H3,(H,77,88)(H,78,93)(H,79,91)(H,80,90)(H,81,92)(H,82,94)(H,83,96)(H,84,95)(H3,73,76,98)/t53-,55+,56-,57-,58+,59-,60+,61+,62-/m0/s1. The highest BCUT2D eigenvalue weighted by atomic mass is 35.5. The van der Waals surface area contributed by atoms with E-state index in [1.54, 1.807) is 36.4 Å². The maximum atomic E-state index is 14.9. The van der Waals surface area contributed by atoms with Crippen molar-refractivity contribution in [2.75, 3.05) is 26.2 Å². The summed E-state index contributed by atoms with van der Waals surface area (Å²) in [6.45, 7) is 9.00. The Balaban J connectivity index is 1.25. The minimum Gasteiger partial charge on any atom is -0.508 e. The second kappa shape index (κ2) is 39.6. The molecule has 98 heavy (non-hydrogen) atoms. The number of aromatic hydroxyl groups is 1. The van der Waals surface area contributed by atoms with Gasteiger partial charge in [-0.3, -0.25) is 48.1 Å². The second-order valence-electron chi connectivity index (χ2n) is 25.4. The third-order valence-corrected chi connectivity index (χ3v) is 16.8. The molecule has 0 spiro atoms. The molecule has 9 atom stereocenters. The number of benzene rings is 4. The van der Waals surface area contributed by atoms with Crippen LogP contribution in [-0.2, 0) is 73.6 Å². The number of carbonyl (C=O) groups is 11. The van der Waals surface area contributed by atoms with Crippen molar-refractivity contribution in [1.82, 2.24) is 63.1 Å². The van der Waals surface area contributed by atoms with E-state index in [2.05, 4.69) is 58.2 Å². The van der Waals surface area contributed by atoms with Crippen LogP contribution in [0, 0.1) is 5.92 Å². The number of halogens is 1. The largest absolute Gasteiger partial charge is 0.508 e. The molecule has 0 radical (unpaired) electrons. The molecular formula is C71H94ClN13O13. The Bertz CT molecular complexity index is 3490. The van der Waals surface area contributed by atoms with E-state index in [1.165, 1.54) is 48.5 Å². The maximum Gasteiger partial charge on any atom is 0.312 e. The number of aldehydes is 1. The lowest BCUT2D eigenvalue weighted by Crippen LogP contribution is -2.61. The van der Waals surface area contributed by atoms with Gasteiger partial charge in [0.05, 0.1) is 12.6 Å². The first-order valence-corrected chi connectivity index (χ1v) is 33.7. The first-order valence-electron chi connectivity index (χ1n) is 33.3. The predicted octanol–water partition coefficient (Wildman–Crippen LogP) is 3.00. The number of phenols is 1. The molecule has 4 aromatic carbocycles. The summed E-state index contributed by atoms with van der Waals surface area (Å²) in [6.07, 6.45) is 6.14. The number of phenolic OH excluding ortho intramolecular Hbond substituents is 1. The third kappa shape index (κ3) is 25.8. The van der Waals surface area contributed by atoms with Crippen molar-refractivity contribution in [2.45, 2.75) is 179 Å². The van der Waals surface area contributed by atoms with Crippen molar-refractivity contribution < 1.29 is 63.0 Å². The van der Waals surface area contributed by atoms with Crippen LogP contribution in [0.4, 0.5) is 4.79 Å². The van der Waals surface area contributed by atoms with Crippen LogP contribution in [0.3, 0.4) is 0 Å². The Labute approximate surface area is 576 Å². The molecule has 6 rings (SSSR count). The minimum atomic E-state index is -1.81. The molecule has 0 aliphatic carbocycles. The summed E-state index contributed by atoms with van der Waals surface area (Å²) in [4.78, 5) is 159. The quantitative estimate of drug-likeness (QED) is 0.0199. The van der Waals surface area contributed by atoms with Crippen LogP contribution in [0.15, 0.2) is 116 Å². The number of rotatable bonds is 39. The summed E-state index contributed by atoms with van der Waals surface area (Å²) >= 11 is 6.23. The average molecular weight is 1370 g/mol. The van der Waals surface area contributed by atoms with Gasteiger partial charge in [-0.15, -0.1) is 0 Å². The summed E-state index contributed by atoms with van der Waals surface area (Å²) < 4.78 is 0. The number of urea groups is 1. The molecule has 528 valence electrons. The van der Waals surface area contributed by atoms with Gasteiger partial charge in [0.15, 0.2) is 0 Å². The van der Waals surface area contributed by atoms with Gasteiger partial charge in [0.1, 0.15) is 60.4 Å². The van der Waals surface area contributed by atoms with Gasteiger partial charge in [-0.2, -0.15) is 0 Å².